The Kier molecular flexibility index (Phi) is 4.91. The molecular weight excluding hydrogens is 342 g/mol. The number of nitrogens with two attached hydrogens (primary N) is 1. The van der Waals surface area contributed by atoms with Gasteiger partial charge in [0, 0.05) is 42.5 Å². The Morgan fingerprint density at radius 1 is 1.00 bits per heavy atom. The molecular formula is C20H23N5O2. The van der Waals surface area contributed by atoms with Crippen LogP contribution in [0.1, 0.15) is 25.7 Å². The summed E-state index contributed by atoms with van der Waals surface area (Å²) in [6, 6.07) is 7.79. The number of aromatic nitrogens is 3. The first-order valence-electron chi connectivity index (χ1n) is 9.15. The fraction of sp³-hybridized carbons (Fsp3) is 0.350. The van der Waals surface area contributed by atoms with Gasteiger partial charge in [-0.25, -0.2) is 9.97 Å². The third-order valence-corrected chi connectivity index (χ3v) is 4.85. The van der Waals surface area contributed by atoms with Crippen LogP contribution < -0.4 is 20.5 Å². The molecule has 0 saturated heterocycles. The molecule has 1 fully saturated rings. The summed E-state index contributed by atoms with van der Waals surface area (Å²) in [4.78, 5) is 13.1. The lowest BCUT2D eigenvalue weighted by molar-refractivity contribution is 0.152. The molecule has 0 spiro atoms. The van der Waals surface area contributed by atoms with Crippen LogP contribution in [-0.4, -0.2) is 34.2 Å². The lowest BCUT2D eigenvalue weighted by Gasteiger charge is -2.30. The average Bonchev–Trinajstić information content (AvgIpc) is 2.69. The second-order valence-electron chi connectivity index (χ2n) is 6.76. The number of benzene rings is 1. The second-order valence-corrected chi connectivity index (χ2v) is 6.76. The minimum absolute atomic E-state index is 0.147. The minimum Gasteiger partial charge on any atom is -0.497 e. The summed E-state index contributed by atoms with van der Waals surface area (Å²) >= 11 is 0. The van der Waals surface area contributed by atoms with Crippen LogP contribution >= 0.6 is 0 Å². The minimum atomic E-state index is 0.147. The summed E-state index contributed by atoms with van der Waals surface area (Å²) < 4.78 is 11.5. The first kappa shape index (κ1) is 17.3. The Labute approximate surface area is 157 Å². The van der Waals surface area contributed by atoms with Crippen molar-refractivity contribution in [1.29, 1.82) is 0 Å². The highest BCUT2D eigenvalue weighted by Gasteiger charge is 2.23. The van der Waals surface area contributed by atoms with Gasteiger partial charge in [-0.2, -0.15) is 0 Å². The van der Waals surface area contributed by atoms with Crippen molar-refractivity contribution in [3.05, 3.63) is 42.9 Å². The molecule has 1 saturated carbocycles. The second kappa shape index (κ2) is 7.65. The third kappa shape index (κ3) is 4.02. The van der Waals surface area contributed by atoms with E-state index in [4.69, 9.17) is 15.2 Å². The van der Waals surface area contributed by atoms with E-state index in [1.807, 2.05) is 24.3 Å². The Bertz CT molecular complexity index is 925. The van der Waals surface area contributed by atoms with Crippen LogP contribution in [0.4, 0.5) is 11.5 Å². The fourth-order valence-corrected chi connectivity index (χ4v) is 3.48. The number of fused-ring (bicyclic) bond motifs is 1. The van der Waals surface area contributed by atoms with Crippen molar-refractivity contribution in [2.45, 2.75) is 37.8 Å². The number of nitrogens with zero attached hydrogens (tertiary/aromatic N) is 3. The van der Waals surface area contributed by atoms with Crippen LogP contribution in [0.25, 0.3) is 11.0 Å². The number of hydrogen-bond donors (Lipinski definition) is 2. The van der Waals surface area contributed by atoms with Crippen molar-refractivity contribution in [1.82, 2.24) is 15.0 Å². The van der Waals surface area contributed by atoms with Crippen molar-refractivity contribution in [3.8, 4) is 11.5 Å². The van der Waals surface area contributed by atoms with Gasteiger partial charge in [0.15, 0.2) is 0 Å². The molecule has 27 heavy (non-hydrogen) atoms. The van der Waals surface area contributed by atoms with Gasteiger partial charge in [-0.15, -0.1) is 0 Å². The summed E-state index contributed by atoms with van der Waals surface area (Å²) in [5.41, 5.74) is 8.14. The molecule has 0 amide bonds. The molecule has 0 aliphatic heterocycles. The molecule has 3 aromatic rings. The van der Waals surface area contributed by atoms with Crippen molar-refractivity contribution in [2.24, 2.45) is 0 Å². The van der Waals surface area contributed by atoms with E-state index in [0.29, 0.717) is 17.5 Å². The quantitative estimate of drug-likeness (QED) is 0.669. The molecule has 1 aliphatic rings. The average molecular weight is 365 g/mol. The van der Waals surface area contributed by atoms with E-state index in [1.54, 1.807) is 25.7 Å². The van der Waals surface area contributed by atoms with Crippen LogP contribution in [-0.2, 0) is 0 Å². The van der Waals surface area contributed by atoms with Gasteiger partial charge in [-0.3, -0.25) is 4.98 Å². The van der Waals surface area contributed by atoms with Gasteiger partial charge in [0.2, 0.25) is 0 Å². The number of rotatable bonds is 5. The highest BCUT2D eigenvalue weighted by atomic mass is 16.5. The summed E-state index contributed by atoms with van der Waals surface area (Å²) in [6.07, 6.45) is 9.17. The Balaban J connectivity index is 1.38. The van der Waals surface area contributed by atoms with Crippen LogP contribution in [0.3, 0.4) is 0 Å². The van der Waals surface area contributed by atoms with Gasteiger partial charge in [0.25, 0.3) is 0 Å². The summed E-state index contributed by atoms with van der Waals surface area (Å²) in [5.74, 6) is 2.36. The molecule has 7 heteroatoms. The maximum absolute atomic E-state index is 6.24. The molecule has 3 N–H and O–H groups in total. The summed E-state index contributed by atoms with van der Waals surface area (Å²) in [7, 11) is 1.66. The lowest BCUT2D eigenvalue weighted by Crippen LogP contribution is -2.31. The van der Waals surface area contributed by atoms with Gasteiger partial charge < -0.3 is 20.5 Å². The number of hydrogen-bond acceptors (Lipinski definition) is 7. The largest absolute Gasteiger partial charge is 0.497 e. The van der Waals surface area contributed by atoms with E-state index in [2.05, 4.69) is 20.3 Å². The monoisotopic (exact) mass is 365 g/mol. The molecule has 0 atom stereocenters. The Hall–Kier alpha value is -3.09. The Morgan fingerprint density at radius 2 is 1.81 bits per heavy atom. The molecule has 140 valence electrons. The van der Waals surface area contributed by atoms with Crippen molar-refractivity contribution in [3.63, 3.8) is 0 Å². The highest BCUT2D eigenvalue weighted by molar-refractivity contribution is 5.84. The third-order valence-electron chi connectivity index (χ3n) is 4.85. The van der Waals surface area contributed by atoms with Crippen molar-refractivity contribution in [2.75, 3.05) is 18.2 Å². The maximum Gasteiger partial charge on any atom is 0.149 e. The number of nitrogen functional groups attached to an aromatic ring is 1. The number of methoxy groups -OCH3 is 1. The first-order valence-corrected chi connectivity index (χ1v) is 9.15. The van der Waals surface area contributed by atoms with Crippen LogP contribution in [0.15, 0.2) is 42.9 Å². The van der Waals surface area contributed by atoms with E-state index in [-0.39, 0.29) is 6.10 Å². The van der Waals surface area contributed by atoms with Gasteiger partial charge in [0.05, 0.1) is 18.7 Å². The molecule has 1 aliphatic carbocycles. The van der Waals surface area contributed by atoms with Gasteiger partial charge in [0.1, 0.15) is 22.8 Å². The lowest BCUT2D eigenvalue weighted by atomic mass is 9.93. The van der Waals surface area contributed by atoms with Gasteiger partial charge >= 0.3 is 0 Å². The number of pyridine rings is 1. The normalized spacial score (nSPS) is 19.6. The van der Waals surface area contributed by atoms with Gasteiger partial charge in [-0.1, -0.05) is 0 Å². The molecule has 0 bridgehead atoms. The number of nitrogens with one attached hydrogen (secondary N) is 1. The number of anilines is 2. The number of ether oxygens (including phenoxy) is 2. The van der Waals surface area contributed by atoms with E-state index in [0.717, 1.165) is 48.3 Å². The first-order chi connectivity index (χ1) is 13.2. The van der Waals surface area contributed by atoms with E-state index in [9.17, 15) is 0 Å². The van der Waals surface area contributed by atoms with Crippen molar-refractivity contribution >= 4 is 22.5 Å². The highest BCUT2D eigenvalue weighted by Crippen LogP contribution is 2.31. The smallest absolute Gasteiger partial charge is 0.149 e. The molecule has 4 rings (SSSR count). The molecule has 2 heterocycles. The topological polar surface area (TPSA) is 95.2 Å². The van der Waals surface area contributed by atoms with E-state index >= 15 is 0 Å². The molecule has 0 radical (unpaired) electrons. The summed E-state index contributed by atoms with van der Waals surface area (Å²) in [5, 5.41) is 3.49. The molecule has 1 aromatic carbocycles. The molecule has 0 unspecified atom stereocenters. The fourth-order valence-electron chi connectivity index (χ4n) is 3.48. The van der Waals surface area contributed by atoms with E-state index in [1.165, 1.54) is 0 Å². The van der Waals surface area contributed by atoms with Crippen LogP contribution in [0.2, 0.25) is 0 Å². The predicted octanol–water partition coefficient (Wildman–Crippen LogP) is 3.42. The zero-order valence-electron chi connectivity index (χ0n) is 15.3. The molecule has 2 aromatic heterocycles. The Morgan fingerprint density at radius 3 is 2.63 bits per heavy atom. The van der Waals surface area contributed by atoms with Gasteiger partial charge in [-0.05, 0) is 37.8 Å². The van der Waals surface area contributed by atoms with Crippen LogP contribution in [0.5, 0.6) is 11.5 Å². The summed E-state index contributed by atoms with van der Waals surface area (Å²) in [6.45, 7) is 0. The van der Waals surface area contributed by atoms with Crippen molar-refractivity contribution < 1.29 is 9.47 Å². The van der Waals surface area contributed by atoms with E-state index < -0.39 is 0 Å². The predicted molar refractivity (Wildman–Crippen MR) is 105 cm³/mol. The molecule has 7 nitrogen and oxygen atoms in total. The van der Waals surface area contributed by atoms with Crippen LogP contribution in [0, 0.1) is 0 Å². The SMILES string of the molecule is COc1ccnc(NC2CCC(Oc3cc(N)cc4nccnc34)CC2)c1. The zero-order valence-corrected chi connectivity index (χ0v) is 15.3. The zero-order chi connectivity index (χ0) is 18.6. The maximum atomic E-state index is 6.24. The standard InChI is InChI=1S/C20H23N5O2/c1-26-16-6-7-23-19(12-16)25-14-2-4-15(5-3-14)27-18-11-13(21)10-17-20(18)24-9-8-22-17/h6-12,14-15H,2-5,21H2,1H3,(H,23,25).